The number of nitrogens with zero attached hydrogens (tertiary/aromatic N) is 3. The van der Waals surface area contributed by atoms with Crippen LogP contribution in [-0.4, -0.2) is 39.4 Å². The second-order valence-electron chi connectivity index (χ2n) is 8.35. The van der Waals surface area contributed by atoms with E-state index in [0.717, 1.165) is 34.5 Å². The largest absolute Gasteiger partial charge is 0.497 e. The van der Waals surface area contributed by atoms with Crippen LogP contribution in [-0.2, 0) is 29.0 Å². The summed E-state index contributed by atoms with van der Waals surface area (Å²) in [6.45, 7) is 10.2. The van der Waals surface area contributed by atoms with Crippen LogP contribution in [0.25, 0.3) is 0 Å². The Morgan fingerprint density at radius 2 is 1.92 bits per heavy atom. The van der Waals surface area contributed by atoms with E-state index in [1.165, 1.54) is 11.8 Å². The lowest BCUT2D eigenvalue weighted by Gasteiger charge is -2.16. The summed E-state index contributed by atoms with van der Waals surface area (Å²) in [5.41, 5.74) is 3.89. The molecule has 36 heavy (non-hydrogen) atoms. The van der Waals surface area contributed by atoms with Crippen LogP contribution in [0.1, 0.15) is 42.4 Å². The normalized spacial score (nSPS) is 11.6. The Labute approximate surface area is 216 Å². The minimum atomic E-state index is -0.370. The number of aromatic nitrogens is 3. The van der Waals surface area contributed by atoms with Crippen LogP contribution >= 0.6 is 11.8 Å². The van der Waals surface area contributed by atoms with Crippen molar-refractivity contribution in [1.29, 1.82) is 0 Å². The van der Waals surface area contributed by atoms with Crippen molar-refractivity contribution in [3.05, 3.63) is 77.6 Å². The number of carbonyl (C=O) groups excluding carboxylic acids is 2. The third kappa shape index (κ3) is 6.97. The lowest BCUT2D eigenvalue weighted by atomic mass is 10.1. The first-order valence-corrected chi connectivity index (χ1v) is 12.8. The van der Waals surface area contributed by atoms with Crippen molar-refractivity contribution < 1.29 is 14.3 Å². The third-order valence-corrected chi connectivity index (χ3v) is 6.65. The van der Waals surface area contributed by atoms with Crippen molar-refractivity contribution in [3.63, 3.8) is 0 Å². The van der Waals surface area contributed by atoms with Crippen LogP contribution in [0.15, 0.2) is 60.3 Å². The lowest BCUT2D eigenvalue weighted by molar-refractivity contribution is -0.121. The molecule has 2 aromatic carbocycles. The monoisotopic (exact) mass is 507 g/mol. The van der Waals surface area contributed by atoms with E-state index in [-0.39, 0.29) is 30.0 Å². The van der Waals surface area contributed by atoms with Crippen molar-refractivity contribution in [1.82, 2.24) is 20.1 Å². The Hall–Kier alpha value is -3.59. The number of hydrogen-bond donors (Lipinski definition) is 2. The molecule has 1 heterocycles. The Balaban J connectivity index is 1.63. The molecule has 0 saturated carbocycles. The molecule has 2 N–H and O–H groups in total. The fraction of sp³-hybridized carbons (Fsp3) is 0.333. The highest BCUT2D eigenvalue weighted by Crippen LogP contribution is 2.24. The Morgan fingerprint density at radius 3 is 2.58 bits per heavy atom. The molecule has 9 heteroatoms. The minimum absolute atomic E-state index is 0.112. The van der Waals surface area contributed by atoms with E-state index in [1.807, 2.05) is 60.9 Å². The molecule has 2 amide bonds. The van der Waals surface area contributed by atoms with Gasteiger partial charge in [-0.3, -0.25) is 9.59 Å². The van der Waals surface area contributed by atoms with Gasteiger partial charge >= 0.3 is 0 Å². The van der Waals surface area contributed by atoms with Crippen LogP contribution in [0, 0.1) is 6.92 Å². The molecule has 0 aliphatic rings. The number of nitrogens with one attached hydrogen (secondary N) is 2. The minimum Gasteiger partial charge on any atom is -0.497 e. The summed E-state index contributed by atoms with van der Waals surface area (Å²) in [6, 6.07) is 13.0. The quantitative estimate of drug-likeness (QED) is 0.277. The first-order chi connectivity index (χ1) is 17.4. The molecule has 0 spiro atoms. The van der Waals surface area contributed by atoms with Gasteiger partial charge in [0.25, 0.3) is 0 Å². The predicted octanol–water partition coefficient (Wildman–Crippen LogP) is 4.49. The van der Waals surface area contributed by atoms with Crippen molar-refractivity contribution in [3.8, 4) is 5.75 Å². The smallest absolute Gasteiger partial charge is 0.234 e. The fourth-order valence-corrected chi connectivity index (χ4v) is 4.58. The summed E-state index contributed by atoms with van der Waals surface area (Å²) >= 11 is 1.30. The zero-order valence-electron chi connectivity index (χ0n) is 21.2. The zero-order chi connectivity index (χ0) is 26.1. The van der Waals surface area contributed by atoms with Crippen LogP contribution in [0.3, 0.4) is 0 Å². The number of para-hydroxylation sites is 1. The summed E-state index contributed by atoms with van der Waals surface area (Å²) in [5.74, 6) is 1.30. The van der Waals surface area contributed by atoms with Gasteiger partial charge < -0.3 is 19.9 Å². The highest BCUT2D eigenvalue weighted by molar-refractivity contribution is 7.99. The lowest BCUT2D eigenvalue weighted by Crippen LogP contribution is -2.30. The van der Waals surface area contributed by atoms with Crippen LogP contribution in [0.5, 0.6) is 5.75 Å². The maximum Gasteiger partial charge on any atom is 0.234 e. The van der Waals surface area contributed by atoms with Gasteiger partial charge in [0.2, 0.25) is 11.8 Å². The second-order valence-corrected chi connectivity index (χ2v) is 9.30. The van der Waals surface area contributed by atoms with Gasteiger partial charge in [-0.15, -0.1) is 16.8 Å². The number of rotatable bonds is 12. The van der Waals surface area contributed by atoms with E-state index >= 15 is 0 Å². The predicted molar refractivity (Wildman–Crippen MR) is 143 cm³/mol. The zero-order valence-corrected chi connectivity index (χ0v) is 22.0. The van der Waals surface area contributed by atoms with E-state index in [4.69, 9.17) is 4.74 Å². The average Bonchev–Trinajstić information content (AvgIpc) is 3.27. The number of aryl methyl sites for hydroxylation is 2. The molecule has 0 bridgehead atoms. The van der Waals surface area contributed by atoms with Crippen molar-refractivity contribution >= 4 is 29.3 Å². The van der Waals surface area contributed by atoms with Gasteiger partial charge in [0.05, 0.1) is 25.3 Å². The van der Waals surface area contributed by atoms with E-state index in [1.54, 1.807) is 13.2 Å². The molecular formula is C27H33N5O3S. The van der Waals surface area contributed by atoms with Gasteiger partial charge in [-0.2, -0.15) is 0 Å². The molecule has 1 atom stereocenters. The van der Waals surface area contributed by atoms with Gasteiger partial charge in [0, 0.05) is 12.2 Å². The molecular weight excluding hydrogens is 474 g/mol. The van der Waals surface area contributed by atoms with E-state index in [0.29, 0.717) is 17.5 Å². The number of benzene rings is 2. The summed E-state index contributed by atoms with van der Waals surface area (Å²) in [5, 5.41) is 15.2. The molecule has 0 aliphatic carbocycles. The number of allylic oxidation sites excluding steroid dienone is 1. The standard InChI is InChI=1S/C27H33N5O3S/c1-6-15-32-26(19(4)28-23(33)16-20-11-13-22(35-5)14-12-20)30-31-27(32)36-17-24(34)29-25-18(3)9-8-10-21(25)7-2/h6,8-14,19H,1,7,15-17H2,2-5H3,(H,28,33)(H,29,34)/t19-/m0/s1. The Bertz CT molecular complexity index is 1210. The van der Waals surface area contributed by atoms with Crippen LogP contribution in [0.4, 0.5) is 5.69 Å². The molecule has 8 nitrogen and oxygen atoms in total. The number of methoxy groups -OCH3 is 1. The highest BCUT2D eigenvalue weighted by atomic mass is 32.2. The molecule has 3 aromatic rings. The molecule has 1 aromatic heterocycles. The number of thioether (sulfide) groups is 1. The highest BCUT2D eigenvalue weighted by Gasteiger charge is 2.20. The first-order valence-electron chi connectivity index (χ1n) is 11.8. The summed E-state index contributed by atoms with van der Waals surface area (Å²) < 4.78 is 7.03. The number of anilines is 1. The topological polar surface area (TPSA) is 98.1 Å². The van der Waals surface area contributed by atoms with Crippen molar-refractivity contribution in [2.75, 3.05) is 18.2 Å². The maximum atomic E-state index is 12.7. The molecule has 190 valence electrons. The van der Waals surface area contributed by atoms with Gasteiger partial charge in [0.1, 0.15) is 5.75 Å². The average molecular weight is 508 g/mol. The molecule has 3 rings (SSSR count). The first kappa shape index (κ1) is 27.0. The van der Waals surface area contributed by atoms with Gasteiger partial charge in [-0.25, -0.2) is 0 Å². The fourth-order valence-electron chi connectivity index (χ4n) is 3.82. The number of carbonyl (C=O) groups is 2. The molecule has 0 saturated heterocycles. The van der Waals surface area contributed by atoms with E-state index in [9.17, 15) is 9.59 Å². The van der Waals surface area contributed by atoms with Gasteiger partial charge in [-0.05, 0) is 49.1 Å². The van der Waals surface area contributed by atoms with Crippen LogP contribution < -0.4 is 15.4 Å². The third-order valence-electron chi connectivity index (χ3n) is 5.68. The van der Waals surface area contributed by atoms with Crippen molar-refractivity contribution in [2.24, 2.45) is 0 Å². The number of hydrogen-bond acceptors (Lipinski definition) is 6. The number of amides is 2. The van der Waals surface area contributed by atoms with E-state index in [2.05, 4.69) is 34.3 Å². The molecule has 0 radical (unpaired) electrons. The summed E-state index contributed by atoms with van der Waals surface area (Å²) in [4.78, 5) is 25.3. The molecule has 0 aliphatic heterocycles. The maximum absolute atomic E-state index is 12.7. The number of ether oxygens (including phenoxy) is 1. The Morgan fingerprint density at radius 1 is 1.17 bits per heavy atom. The SMILES string of the molecule is C=CCn1c(SCC(=O)Nc2c(C)cccc2CC)nnc1[C@H](C)NC(=O)Cc1ccc(OC)cc1. The Kier molecular flexibility index (Phi) is 9.69. The van der Waals surface area contributed by atoms with Crippen molar-refractivity contribution in [2.45, 2.75) is 51.4 Å². The summed E-state index contributed by atoms with van der Waals surface area (Å²) in [7, 11) is 1.61. The second kappa shape index (κ2) is 12.9. The molecule has 0 fully saturated rings. The van der Waals surface area contributed by atoms with Gasteiger partial charge in [-0.1, -0.05) is 55.1 Å². The molecule has 0 unspecified atom stereocenters. The summed E-state index contributed by atoms with van der Waals surface area (Å²) in [6.07, 6.45) is 2.82. The van der Waals surface area contributed by atoms with E-state index < -0.39 is 0 Å². The van der Waals surface area contributed by atoms with Crippen LogP contribution in [0.2, 0.25) is 0 Å². The van der Waals surface area contributed by atoms with Gasteiger partial charge in [0.15, 0.2) is 11.0 Å².